The van der Waals surface area contributed by atoms with Crippen LogP contribution >= 0.6 is 0 Å². The summed E-state index contributed by atoms with van der Waals surface area (Å²) in [6.07, 6.45) is 4.00. The van der Waals surface area contributed by atoms with Crippen molar-refractivity contribution in [1.29, 1.82) is 0 Å². The summed E-state index contributed by atoms with van der Waals surface area (Å²) in [7, 11) is 0. The van der Waals surface area contributed by atoms with Crippen molar-refractivity contribution in [1.82, 2.24) is 9.88 Å². The van der Waals surface area contributed by atoms with Crippen LogP contribution in [0, 0.1) is 0 Å². The lowest BCUT2D eigenvalue weighted by atomic mass is 9.93. The van der Waals surface area contributed by atoms with Crippen LogP contribution < -0.4 is 4.90 Å². The molecule has 1 aromatic rings. The van der Waals surface area contributed by atoms with Crippen molar-refractivity contribution >= 4 is 5.69 Å². The molecule has 4 unspecified atom stereocenters. The minimum Gasteiger partial charge on any atom is -0.366 e. The van der Waals surface area contributed by atoms with Crippen LogP contribution in [0.5, 0.6) is 0 Å². The average molecular weight is 301 g/mol. The Bertz CT molecular complexity index is 521. The first-order chi connectivity index (χ1) is 10.3. The molecule has 3 nitrogen and oxygen atoms in total. The second-order valence-electron chi connectivity index (χ2n) is 7.14. The van der Waals surface area contributed by atoms with E-state index in [-0.39, 0.29) is 0 Å². The summed E-state index contributed by atoms with van der Waals surface area (Å²) < 4.78 is 0. The third-order valence-corrected chi connectivity index (χ3v) is 5.30. The van der Waals surface area contributed by atoms with Crippen LogP contribution in [0.2, 0.25) is 0 Å². The quantitative estimate of drug-likeness (QED) is 0.824. The summed E-state index contributed by atoms with van der Waals surface area (Å²) in [6, 6.07) is 4.03. The largest absolute Gasteiger partial charge is 0.366 e. The van der Waals surface area contributed by atoms with Gasteiger partial charge in [0.15, 0.2) is 0 Å². The fraction of sp³-hybridized carbons (Fsp3) is 0.632. The maximum atomic E-state index is 4.48. The zero-order valence-electron chi connectivity index (χ0n) is 15.2. The Morgan fingerprint density at radius 2 is 1.59 bits per heavy atom. The Labute approximate surface area is 136 Å². The summed E-state index contributed by atoms with van der Waals surface area (Å²) in [5.41, 5.74) is 3.71. The van der Waals surface area contributed by atoms with Crippen LogP contribution in [0.15, 0.2) is 30.7 Å². The van der Waals surface area contributed by atoms with E-state index < -0.39 is 0 Å². The van der Waals surface area contributed by atoms with Crippen LogP contribution in [0.3, 0.4) is 0 Å². The number of nitrogens with zero attached hydrogens (tertiary/aromatic N) is 3. The first-order valence-corrected chi connectivity index (χ1v) is 8.42. The second kappa shape index (κ2) is 6.31. The third kappa shape index (κ3) is 2.86. The number of rotatable bonds is 3. The van der Waals surface area contributed by atoms with Crippen molar-refractivity contribution in [2.24, 2.45) is 0 Å². The maximum absolute atomic E-state index is 4.48. The highest BCUT2D eigenvalue weighted by Gasteiger charge is 2.39. The zero-order valence-corrected chi connectivity index (χ0v) is 15.2. The van der Waals surface area contributed by atoms with Gasteiger partial charge in [0.25, 0.3) is 0 Å². The van der Waals surface area contributed by atoms with E-state index >= 15 is 0 Å². The molecule has 0 N–H and O–H groups in total. The second-order valence-corrected chi connectivity index (χ2v) is 7.14. The standard InChI is InChI=1S/C19H31N3/c1-12(2)18-9-19(11-20-10-18)22-16(7)14(5)21(13(3)4)15(6)17(22)8/h9-12,14-17H,3H2,1-2,4-8H3. The van der Waals surface area contributed by atoms with E-state index in [1.807, 2.05) is 12.4 Å². The molecule has 1 aromatic heterocycles. The van der Waals surface area contributed by atoms with E-state index in [4.69, 9.17) is 0 Å². The van der Waals surface area contributed by atoms with Crippen molar-refractivity contribution in [3.05, 3.63) is 36.3 Å². The van der Waals surface area contributed by atoms with Crippen LogP contribution in [0.1, 0.15) is 59.9 Å². The van der Waals surface area contributed by atoms with Gasteiger partial charge >= 0.3 is 0 Å². The monoisotopic (exact) mass is 301 g/mol. The third-order valence-electron chi connectivity index (χ3n) is 5.30. The normalized spacial score (nSPS) is 29.1. The highest BCUT2D eigenvalue weighted by Crippen LogP contribution is 2.34. The van der Waals surface area contributed by atoms with Crippen LogP contribution in [0.4, 0.5) is 5.69 Å². The van der Waals surface area contributed by atoms with Crippen LogP contribution in [-0.2, 0) is 0 Å². The molecule has 0 aromatic carbocycles. The SMILES string of the molecule is C=C(C)N1C(C)C(C)N(c2cncc(C(C)C)c2)C(C)C1C. The van der Waals surface area contributed by atoms with Gasteiger partial charge in [-0.15, -0.1) is 0 Å². The number of hydrogen-bond acceptors (Lipinski definition) is 3. The molecule has 3 heteroatoms. The van der Waals surface area contributed by atoms with Gasteiger partial charge in [0, 0.05) is 36.1 Å². The number of allylic oxidation sites excluding steroid dienone is 1. The van der Waals surface area contributed by atoms with E-state index in [2.05, 4.69) is 75.9 Å². The minimum atomic E-state index is 0.423. The number of aromatic nitrogens is 1. The highest BCUT2D eigenvalue weighted by atomic mass is 15.3. The minimum absolute atomic E-state index is 0.423. The molecular weight excluding hydrogens is 270 g/mol. The molecule has 2 heterocycles. The molecule has 0 spiro atoms. The van der Waals surface area contributed by atoms with Gasteiger partial charge in [-0.1, -0.05) is 20.4 Å². The molecule has 0 saturated carbocycles. The van der Waals surface area contributed by atoms with Gasteiger partial charge in [-0.3, -0.25) is 4.98 Å². The van der Waals surface area contributed by atoms with Gasteiger partial charge in [-0.2, -0.15) is 0 Å². The first-order valence-electron chi connectivity index (χ1n) is 8.42. The number of hydrogen-bond donors (Lipinski definition) is 0. The van der Waals surface area contributed by atoms with Gasteiger partial charge in [-0.25, -0.2) is 0 Å². The maximum Gasteiger partial charge on any atom is 0.0561 e. The topological polar surface area (TPSA) is 19.4 Å². The first kappa shape index (κ1) is 16.9. The van der Waals surface area contributed by atoms with Crippen molar-refractivity contribution < 1.29 is 0 Å². The summed E-state index contributed by atoms with van der Waals surface area (Å²) in [4.78, 5) is 9.48. The van der Waals surface area contributed by atoms with E-state index in [0.717, 1.165) is 5.70 Å². The van der Waals surface area contributed by atoms with E-state index in [0.29, 0.717) is 30.1 Å². The van der Waals surface area contributed by atoms with Crippen molar-refractivity contribution in [2.45, 2.75) is 78.6 Å². The molecule has 122 valence electrons. The Morgan fingerprint density at radius 1 is 1.05 bits per heavy atom. The summed E-state index contributed by atoms with van der Waals surface area (Å²) in [5.74, 6) is 0.504. The Hall–Kier alpha value is -1.51. The summed E-state index contributed by atoms with van der Waals surface area (Å²) in [5, 5.41) is 0. The van der Waals surface area contributed by atoms with Gasteiger partial charge < -0.3 is 9.80 Å². The Kier molecular flexibility index (Phi) is 4.84. The molecule has 0 amide bonds. The van der Waals surface area contributed by atoms with Crippen LogP contribution in [0.25, 0.3) is 0 Å². The van der Waals surface area contributed by atoms with Crippen molar-refractivity contribution in [3.63, 3.8) is 0 Å². The lowest BCUT2D eigenvalue weighted by Gasteiger charge is -2.55. The molecule has 0 aliphatic carbocycles. The Balaban J connectivity index is 2.39. The molecule has 4 atom stereocenters. The molecule has 0 bridgehead atoms. The average Bonchev–Trinajstić information content (AvgIpc) is 2.45. The van der Waals surface area contributed by atoms with E-state index in [1.54, 1.807) is 0 Å². The smallest absolute Gasteiger partial charge is 0.0561 e. The van der Waals surface area contributed by atoms with Gasteiger partial charge in [0.05, 0.1) is 11.9 Å². The highest BCUT2D eigenvalue weighted by molar-refractivity contribution is 5.50. The van der Waals surface area contributed by atoms with Crippen molar-refractivity contribution in [3.8, 4) is 0 Å². The van der Waals surface area contributed by atoms with Gasteiger partial charge in [0.2, 0.25) is 0 Å². The molecule has 1 aliphatic rings. The molecule has 1 fully saturated rings. The van der Waals surface area contributed by atoms with Gasteiger partial charge in [-0.05, 0) is 52.2 Å². The lowest BCUT2D eigenvalue weighted by Crippen LogP contribution is -2.64. The molecular formula is C19H31N3. The number of anilines is 1. The van der Waals surface area contributed by atoms with Gasteiger partial charge in [0.1, 0.15) is 0 Å². The fourth-order valence-corrected chi connectivity index (χ4v) is 3.74. The predicted molar refractivity (Wildman–Crippen MR) is 95.3 cm³/mol. The summed E-state index contributed by atoms with van der Waals surface area (Å²) in [6.45, 7) is 20.0. The van der Waals surface area contributed by atoms with E-state index in [1.165, 1.54) is 11.3 Å². The van der Waals surface area contributed by atoms with Crippen LogP contribution in [-0.4, -0.2) is 34.1 Å². The molecule has 1 saturated heterocycles. The fourth-order valence-electron chi connectivity index (χ4n) is 3.74. The number of pyridine rings is 1. The van der Waals surface area contributed by atoms with E-state index in [9.17, 15) is 0 Å². The molecule has 1 aliphatic heterocycles. The summed E-state index contributed by atoms with van der Waals surface area (Å²) >= 11 is 0. The molecule has 22 heavy (non-hydrogen) atoms. The van der Waals surface area contributed by atoms with Crippen molar-refractivity contribution in [2.75, 3.05) is 4.90 Å². The number of piperazine rings is 1. The Morgan fingerprint density at radius 3 is 2.05 bits per heavy atom. The zero-order chi connectivity index (χ0) is 16.6. The molecule has 0 radical (unpaired) electrons. The predicted octanol–water partition coefficient (Wildman–Crippen LogP) is 4.41. The lowest BCUT2D eigenvalue weighted by molar-refractivity contribution is 0.119. The molecule has 2 rings (SSSR count).